The van der Waals surface area contributed by atoms with Crippen molar-refractivity contribution in [3.8, 4) is 17.1 Å². The Balaban J connectivity index is 0.000000245. The number of phenolic OH excluding ortho intramolecular Hbond substituents is 1. The zero-order valence-electron chi connectivity index (χ0n) is 65.9. The molecule has 0 radical (unpaired) electrons. The van der Waals surface area contributed by atoms with E-state index in [4.69, 9.17) is 67.6 Å². The van der Waals surface area contributed by atoms with Gasteiger partial charge in [-0.15, -0.1) is 5.10 Å². The van der Waals surface area contributed by atoms with Crippen molar-refractivity contribution in [2.75, 3.05) is 137 Å². The average molecular weight is 1550 g/mol. The summed E-state index contributed by atoms with van der Waals surface area (Å²) in [5.41, 5.74) is 9.50. The molecule has 1 saturated heterocycles. The maximum absolute atomic E-state index is 13.9. The van der Waals surface area contributed by atoms with E-state index in [-0.39, 0.29) is 109 Å². The molecule has 0 bridgehead atoms. The number of aromatic hydroxyl groups is 1. The van der Waals surface area contributed by atoms with Crippen LogP contribution in [0.4, 0.5) is 10.5 Å². The minimum Gasteiger partial charge on any atom is -0.508 e. The fourth-order valence-electron chi connectivity index (χ4n) is 13.5. The first kappa shape index (κ1) is 89.9. The molecule has 6 heterocycles. The molecular weight excluding hydrogens is 1440 g/mol. The van der Waals surface area contributed by atoms with Gasteiger partial charge in [-0.3, -0.25) is 43.1 Å². The topological polar surface area (TPSA) is 374 Å². The van der Waals surface area contributed by atoms with Gasteiger partial charge in [-0.1, -0.05) is 51.5 Å². The van der Waals surface area contributed by atoms with Gasteiger partial charge in [-0.05, 0) is 145 Å². The Kier molecular flexibility index (Phi) is 39.3. The number of aryl methyl sites for hydroxylation is 3. The average Bonchev–Trinajstić information content (AvgIpc) is 1.62. The van der Waals surface area contributed by atoms with Gasteiger partial charge in [0.05, 0.1) is 127 Å². The summed E-state index contributed by atoms with van der Waals surface area (Å²) in [4.78, 5) is 118. The quantitative estimate of drug-likeness (QED) is 0.0182. The molecule has 111 heavy (non-hydrogen) atoms. The molecule has 2 aromatic carbocycles. The second kappa shape index (κ2) is 48.6. The van der Waals surface area contributed by atoms with Crippen molar-refractivity contribution in [2.45, 2.75) is 177 Å². The van der Waals surface area contributed by atoms with Crippen LogP contribution in [0.1, 0.15) is 165 Å². The number of likely N-dealkylation sites (tertiary alicyclic amines) is 1. The maximum atomic E-state index is 13.9. The molecule has 30 heteroatoms. The van der Waals surface area contributed by atoms with Crippen molar-refractivity contribution in [3.63, 3.8) is 0 Å². The fraction of sp³-hybridized carbons (Fsp3) is 0.630. The van der Waals surface area contributed by atoms with Gasteiger partial charge in [-0.2, -0.15) is 0 Å². The number of esters is 1. The number of imide groups is 1. The molecule has 3 aromatic heterocycles. The number of hydrogen-bond donors (Lipinski definition) is 3. The number of carbonyl (C=O) groups is 8. The number of rotatable bonds is 49. The first-order chi connectivity index (χ1) is 53.8. The number of nitrogens with one attached hydrogen (secondary N) is 1. The Bertz CT molecular complexity index is 3840. The van der Waals surface area contributed by atoms with Crippen molar-refractivity contribution < 1.29 is 100 Å². The second-order valence-corrected chi connectivity index (χ2v) is 27.8. The first-order valence-corrected chi connectivity index (χ1v) is 39.3. The summed E-state index contributed by atoms with van der Waals surface area (Å²) >= 11 is 0. The van der Waals surface area contributed by atoms with Crippen molar-refractivity contribution >= 4 is 63.8 Å². The van der Waals surface area contributed by atoms with E-state index in [1.54, 1.807) is 64.7 Å². The van der Waals surface area contributed by atoms with Gasteiger partial charge < -0.3 is 77.6 Å². The van der Waals surface area contributed by atoms with Gasteiger partial charge in [-0.25, -0.2) is 14.6 Å². The highest BCUT2D eigenvalue weighted by atomic mass is 16.7. The van der Waals surface area contributed by atoms with E-state index in [1.165, 1.54) is 11.8 Å². The molecule has 3 unspecified atom stereocenters. The van der Waals surface area contributed by atoms with Crippen molar-refractivity contribution in [1.29, 1.82) is 0 Å². The van der Waals surface area contributed by atoms with Crippen molar-refractivity contribution in [3.05, 3.63) is 98.6 Å². The minimum absolute atomic E-state index is 0.00626. The summed E-state index contributed by atoms with van der Waals surface area (Å²) in [6.07, 6.45) is 10.8. The van der Waals surface area contributed by atoms with Crippen LogP contribution in [0, 0.1) is 23.7 Å². The van der Waals surface area contributed by atoms with Gasteiger partial charge in [0.1, 0.15) is 38.0 Å². The SMILES string of the molecule is CCOCCOCCOCCOCCOCCOCCOCCOCCCC(=O)COCC(C)=O.CCc1c2c(nc3ccc(O)cc13)-c1cc3c(c(=O)n1C2)COC(=O)C3(CC)OC(=O)OCc1ccc(NC(=O)C(CC)CCCCN)cc1.CCn1cc(CCC(=O)C2CCC(CN3C(=O)CC(C)C3=O)CC2)nn1. The molecule has 0 spiro atoms. The summed E-state index contributed by atoms with van der Waals surface area (Å²) in [5, 5.41) is 22.0. The Morgan fingerprint density at radius 3 is 1.92 bits per heavy atom. The number of nitrogens with zero attached hydrogens (tertiary/aromatic N) is 6. The van der Waals surface area contributed by atoms with Gasteiger partial charge >= 0.3 is 12.1 Å². The number of carbonyl (C=O) groups excluding carboxylic acids is 8. The summed E-state index contributed by atoms with van der Waals surface area (Å²) < 4.78 is 68.0. The van der Waals surface area contributed by atoms with Crippen molar-refractivity contribution in [2.24, 2.45) is 29.4 Å². The molecule has 1 saturated carbocycles. The lowest BCUT2D eigenvalue weighted by Gasteiger charge is -2.35. The maximum Gasteiger partial charge on any atom is 0.510 e. The minimum atomic E-state index is -1.91. The molecule has 1 aliphatic carbocycles. The molecule has 4 aliphatic rings. The summed E-state index contributed by atoms with van der Waals surface area (Å²) in [6, 6.07) is 13.6. The number of fused-ring (bicyclic) bond motifs is 5. The van der Waals surface area contributed by atoms with E-state index in [0.717, 1.165) is 80.1 Å². The molecule has 3 aliphatic heterocycles. The van der Waals surface area contributed by atoms with E-state index in [2.05, 4.69) is 15.6 Å². The third-order valence-electron chi connectivity index (χ3n) is 19.7. The van der Waals surface area contributed by atoms with E-state index in [0.29, 0.717) is 197 Å². The molecule has 9 rings (SSSR count). The van der Waals surface area contributed by atoms with E-state index < -0.39 is 17.7 Å². The normalized spacial score (nSPS) is 17.2. The smallest absolute Gasteiger partial charge is 0.508 e. The zero-order chi connectivity index (χ0) is 79.9. The van der Waals surface area contributed by atoms with Crippen LogP contribution in [-0.2, 0) is 135 Å². The number of unbranched alkanes of at least 4 members (excludes halogenated alkanes) is 1. The Morgan fingerprint density at radius 1 is 0.730 bits per heavy atom. The van der Waals surface area contributed by atoms with Crippen molar-refractivity contribution in [1.82, 2.24) is 29.4 Å². The predicted octanol–water partition coefficient (Wildman–Crippen LogP) is 8.90. The van der Waals surface area contributed by atoms with Gasteiger partial charge in [0.2, 0.25) is 23.3 Å². The monoisotopic (exact) mass is 1550 g/mol. The highest BCUT2D eigenvalue weighted by molar-refractivity contribution is 6.03. The number of nitrogens with two attached hydrogens (primary N) is 1. The summed E-state index contributed by atoms with van der Waals surface area (Å²) in [5.74, 6) is -0.450. The third-order valence-corrected chi connectivity index (χ3v) is 19.7. The number of Topliss-reactive ketones (excluding diaryl/α,β-unsaturated/α-hetero) is 3. The van der Waals surface area contributed by atoms with Crippen LogP contribution in [0.5, 0.6) is 5.75 Å². The Labute approximate surface area is 650 Å². The highest BCUT2D eigenvalue weighted by Crippen LogP contribution is 2.43. The fourth-order valence-corrected chi connectivity index (χ4v) is 13.5. The zero-order valence-corrected chi connectivity index (χ0v) is 65.9. The molecule has 5 aromatic rings. The lowest BCUT2D eigenvalue weighted by atomic mass is 9.79. The first-order valence-electron chi connectivity index (χ1n) is 39.3. The summed E-state index contributed by atoms with van der Waals surface area (Å²) in [7, 11) is 0. The van der Waals surface area contributed by atoms with Gasteiger partial charge in [0.15, 0.2) is 11.6 Å². The summed E-state index contributed by atoms with van der Waals surface area (Å²) in [6.45, 7) is 23.1. The lowest BCUT2D eigenvalue weighted by molar-refractivity contribution is -0.175. The van der Waals surface area contributed by atoms with Crippen LogP contribution in [0.15, 0.2) is 59.5 Å². The number of hydrogen-bond acceptors (Lipinski definition) is 26. The molecule has 30 nitrogen and oxygen atoms in total. The number of amides is 3. The van der Waals surface area contributed by atoms with Gasteiger partial charge in [0, 0.05) is 98.1 Å². The number of cyclic esters (lactones) is 1. The number of anilines is 1. The largest absolute Gasteiger partial charge is 0.510 e. The van der Waals surface area contributed by atoms with E-state index in [1.807, 2.05) is 40.8 Å². The van der Waals surface area contributed by atoms with Crippen LogP contribution in [0.25, 0.3) is 22.3 Å². The second-order valence-electron chi connectivity index (χ2n) is 27.8. The number of benzene rings is 2. The molecule has 4 N–H and O–H groups in total. The van der Waals surface area contributed by atoms with Crippen LogP contribution in [0.3, 0.4) is 0 Å². The molecule has 2 fully saturated rings. The van der Waals surface area contributed by atoms with Crippen LogP contribution < -0.4 is 16.6 Å². The Hall–Kier alpha value is -8.30. The van der Waals surface area contributed by atoms with Crippen LogP contribution >= 0.6 is 0 Å². The Morgan fingerprint density at radius 2 is 1.36 bits per heavy atom. The number of ketones is 3. The number of pyridine rings is 2. The van der Waals surface area contributed by atoms with E-state index >= 15 is 0 Å². The lowest BCUT2D eigenvalue weighted by Crippen LogP contribution is -2.47. The van der Waals surface area contributed by atoms with Crippen LogP contribution in [0.2, 0.25) is 0 Å². The van der Waals surface area contributed by atoms with E-state index in [9.17, 15) is 48.3 Å². The van der Waals surface area contributed by atoms with Crippen LogP contribution in [-0.4, -0.2) is 214 Å². The number of ether oxygens (including phenoxy) is 12. The molecule has 612 valence electrons. The predicted molar refractivity (Wildman–Crippen MR) is 409 cm³/mol. The number of phenols is 1. The molecular formula is C81H116N8O22. The third kappa shape index (κ3) is 28.4. The van der Waals surface area contributed by atoms with Gasteiger partial charge in [0.25, 0.3) is 5.56 Å². The highest BCUT2D eigenvalue weighted by Gasteiger charge is 2.51. The molecule has 3 atom stereocenters. The standard InChI is InChI=1S/C38H42N4O8.C24H46O11.C19H28N4O3/c1-4-23(9-7-8-16-39)34(44)40-24-12-10-22(11-13-24)20-49-37(47)50-38(6-3)30-18-32-33-28(19-42(32)35(45)29(30)21-48-36(38)46)26(5-2)27-17-25(43)14-15-31(27)41-33;1-3-27-7-8-29-11-12-31-15-16-33-19-20-34-18-17-32-14-13-30-10-9-28-6-4-5-24(26)22-35-21-23(2)25;1-3-22-12-16(20-21-22)8-9-17(24)15-6-4-14(5-7-15)11-23-18(25)10-13(2)19(23)26/h10-15,17-18,23,43H,4-9,16,19-21,39H2,1-3H3,(H,40,44);3-22H2,1-2H3;12-15H,3-11H2,1-2H3. The molecule has 3 amide bonds. The number of aromatic nitrogens is 5.